The van der Waals surface area contributed by atoms with E-state index in [-0.39, 0.29) is 137 Å². The fourth-order valence-electron chi connectivity index (χ4n) is 9.71. The van der Waals surface area contributed by atoms with Gasteiger partial charge in [0.2, 0.25) is 0 Å². The highest BCUT2D eigenvalue weighted by molar-refractivity contribution is 7.92. The van der Waals surface area contributed by atoms with Crippen LogP contribution in [0.3, 0.4) is 0 Å². The molecule has 0 unspecified atom stereocenters. The first-order valence-electron chi connectivity index (χ1n) is 29.8. The van der Waals surface area contributed by atoms with Crippen molar-refractivity contribution in [2.75, 3.05) is 113 Å². The molecule has 0 spiro atoms. The molecule has 6 aromatic rings. The third-order valence-electron chi connectivity index (χ3n) is 14.6. The molecule has 550 valence electrons. The Morgan fingerprint density at radius 2 is 0.777 bits per heavy atom. The SMILES string of the molecule is CCOC(=O)c1cc(C#N)c(N2CCN(C(=O)NS(=O)(=O)c3ccc(Cl)cc3)CC2)nc1C(F)(F)F.CCOC(=O)c1cc(C#N)c(N2CCN(C(=O)NS(=O)(=O)c3ccc(Cl)s3)CC2)nc1C.CCOC(=O)c1cc(C#N)c(N2CCN(C(=O)NS(=O)(=O)c3ccc(Cl)s3)CC2)nc1C(F)(F)F. The highest BCUT2D eigenvalue weighted by Gasteiger charge is 2.42. The van der Waals surface area contributed by atoms with Crippen molar-refractivity contribution in [1.29, 1.82) is 15.8 Å². The molecule has 44 heteroatoms. The Hall–Kier alpha value is -9.54. The number of aromatic nitrogens is 3. The summed E-state index contributed by atoms with van der Waals surface area (Å²) in [6.45, 7) is 6.70. The molecule has 3 fully saturated rings. The van der Waals surface area contributed by atoms with Gasteiger partial charge in [0.25, 0.3) is 30.1 Å². The van der Waals surface area contributed by atoms with E-state index in [1.165, 1.54) is 83.1 Å². The zero-order chi connectivity index (χ0) is 76.1. The molecule has 9 rings (SSSR count). The van der Waals surface area contributed by atoms with Crippen LogP contribution in [-0.4, -0.2) is 189 Å². The molecule has 1 aromatic carbocycles. The summed E-state index contributed by atoms with van der Waals surface area (Å²) in [5.41, 5.74) is -4.44. The number of nitrogens with zero attached hydrogens (tertiary/aromatic N) is 12. The van der Waals surface area contributed by atoms with Crippen molar-refractivity contribution in [2.24, 2.45) is 0 Å². The Balaban J connectivity index is 0.000000217. The molecule has 0 saturated carbocycles. The standard InChI is InChI=1S/C21H19ClF3N5O5S.C19H17ClF3N5O5S2.C19H20ClN5O5S2/c1-2-35-19(31)16-11-13(12-26)18(27-17(16)21(23,24)25)29-7-9-30(10-8-29)20(32)28-36(33,34)15-5-3-14(22)4-6-15;1-2-33-17(29)12-9-11(10-24)16(25-15(12)19(21,22)23)27-5-7-28(8-6-27)18(30)26-35(31,32)14-4-3-13(20)34-14;1-3-30-18(26)14-10-13(11-21)17(22-12(14)2)24-6-8-25(9-7-24)19(27)23-32(28,29)16-5-4-15(20)31-16/h3-6,11H,2,7-10H2,1H3,(H,28,32);3-4,9H,2,5-8H2,1H3,(H,26,30);4-5,10H,3,6-9H2,1-2H3,(H,23,27). The number of piperazine rings is 3. The van der Waals surface area contributed by atoms with Crippen LogP contribution in [0.1, 0.15) is 85.6 Å². The van der Waals surface area contributed by atoms with Crippen LogP contribution < -0.4 is 28.9 Å². The number of benzene rings is 1. The molecule has 30 nitrogen and oxygen atoms in total. The van der Waals surface area contributed by atoms with Crippen LogP contribution in [-0.2, 0) is 56.6 Å². The molecule has 3 saturated heterocycles. The second-order valence-corrected chi connectivity index (χ2v) is 30.6. The highest BCUT2D eigenvalue weighted by atomic mass is 35.5. The Labute approximate surface area is 606 Å². The first-order chi connectivity index (χ1) is 48.4. The lowest BCUT2D eigenvalue weighted by Crippen LogP contribution is -2.53. The average molecular weight is 1600 g/mol. The Morgan fingerprint density at radius 1 is 0.476 bits per heavy atom. The number of anilines is 3. The lowest BCUT2D eigenvalue weighted by molar-refractivity contribution is -0.142. The van der Waals surface area contributed by atoms with Gasteiger partial charge in [-0.05, 0) is 94.4 Å². The second kappa shape index (κ2) is 34.2. The van der Waals surface area contributed by atoms with Crippen LogP contribution in [0.25, 0.3) is 0 Å². The number of carbonyl (C=O) groups excluding carboxylic acids is 6. The number of sulfonamides is 3. The van der Waals surface area contributed by atoms with E-state index < -0.39 is 101 Å². The van der Waals surface area contributed by atoms with Gasteiger partial charge in [-0.2, -0.15) is 42.1 Å². The second-order valence-electron chi connectivity index (χ2n) is 21.2. The quantitative estimate of drug-likeness (QED) is 0.0492. The number of rotatable bonds is 15. The summed E-state index contributed by atoms with van der Waals surface area (Å²) >= 11 is 18.9. The minimum atomic E-state index is -5.00. The summed E-state index contributed by atoms with van der Waals surface area (Å²) in [6.07, 6.45) is -9.99. The maximum absolute atomic E-state index is 13.6. The molecule has 0 atom stereocenters. The Bertz CT molecular complexity index is 4710. The van der Waals surface area contributed by atoms with Crippen LogP contribution in [0.4, 0.5) is 58.2 Å². The third kappa shape index (κ3) is 20.4. The number of hydrogen-bond donors (Lipinski definition) is 3. The maximum atomic E-state index is 13.6. The largest absolute Gasteiger partial charge is 0.462 e. The fourth-order valence-corrected chi connectivity index (χ4v) is 15.7. The van der Waals surface area contributed by atoms with E-state index in [1.807, 2.05) is 25.1 Å². The van der Waals surface area contributed by atoms with Crippen LogP contribution in [0.2, 0.25) is 13.7 Å². The predicted octanol–water partition coefficient (Wildman–Crippen LogP) is 8.48. The smallest absolute Gasteiger partial charge is 0.434 e. The summed E-state index contributed by atoms with van der Waals surface area (Å²) in [5, 5.41) is 28.8. The average Bonchev–Trinajstić information content (AvgIpc) is 1.75. The number of amides is 6. The van der Waals surface area contributed by atoms with E-state index in [0.29, 0.717) is 34.0 Å². The van der Waals surface area contributed by atoms with Gasteiger partial charge in [-0.3, -0.25) is 0 Å². The fraction of sp³-hybridized carbons (Fsp3) is 0.356. The number of urea groups is 3. The number of nitriles is 3. The van der Waals surface area contributed by atoms with Crippen molar-refractivity contribution in [2.45, 2.75) is 53.4 Å². The third-order valence-corrected chi connectivity index (χ3v) is 22.3. The molecule has 5 aromatic heterocycles. The molecule has 0 bridgehead atoms. The number of ether oxygens (including phenoxy) is 3. The summed E-state index contributed by atoms with van der Waals surface area (Å²) in [7, 11) is -12.3. The zero-order valence-corrected chi connectivity index (χ0v) is 60.2. The zero-order valence-electron chi connectivity index (χ0n) is 53.9. The molecule has 0 radical (unpaired) electrons. The number of hydrogen-bond acceptors (Lipinski definition) is 26. The van der Waals surface area contributed by atoms with Crippen molar-refractivity contribution in [3.63, 3.8) is 0 Å². The van der Waals surface area contributed by atoms with Gasteiger partial charge in [-0.25, -0.2) is 83.1 Å². The summed E-state index contributed by atoms with van der Waals surface area (Å²) in [5.74, 6) is -3.29. The van der Waals surface area contributed by atoms with Gasteiger partial charge >= 0.3 is 48.4 Å². The van der Waals surface area contributed by atoms with Crippen molar-refractivity contribution < 1.29 is 94.6 Å². The lowest BCUT2D eigenvalue weighted by Gasteiger charge is -2.35. The van der Waals surface area contributed by atoms with Crippen molar-refractivity contribution in [3.8, 4) is 18.2 Å². The minimum Gasteiger partial charge on any atom is -0.462 e. The van der Waals surface area contributed by atoms with Crippen molar-refractivity contribution >= 4 is 141 Å². The van der Waals surface area contributed by atoms with Crippen molar-refractivity contribution in [3.05, 3.63) is 131 Å². The number of halogens is 9. The van der Waals surface area contributed by atoms with Crippen LogP contribution >= 0.6 is 57.5 Å². The van der Waals surface area contributed by atoms with Crippen LogP contribution in [0.15, 0.2) is 80.0 Å². The van der Waals surface area contributed by atoms with Crippen LogP contribution in [0.5, 0.6) is 0 Å². The van der Waals surface area contributed by atoms with Gasteiger partial charge in [0.15, 0.2) is 11.4 Å². The minimum absolute atomic E-state index is 0.0456. The van der Waals surface area contributed by atoms with Gasteiger partial charge in [-0.15, -0.1) is 22.7 Å². The van der Waals surface area contributed by atoms with Crippen LogP contribution in [0, 0.1) is 40.9 Å². The molecule has 3 aliphatic rings. The summed E-state index contributed by atoms with van der Waals surface area (Å²) < 4.78 is 176. The lowest BCUT2D eigenvalue weighted by atomic mass is 10.1. The molecular formula is C59H56Cl3F6N15O15S5. The van der Waals surface area contributed by atoms with E-state index >= 15 is 0 Å². The Kier molecular flexibility index (Phi) is 26.8. The number of pyridine rings is 3. The summed E-state index contributed by atoms with van der Waals surface area (Å²) in [4.78, 5) is 93.1. The van der Waals surface area contributed by atoms with E-state index in [2.05, 4.69) is 24.4 Å². The van der Waals surface area contributed by atoms with Gasteiger partial charge in [0.1, 0.15) is 44.1 Å². The number of alkyl halides is 6. The number of aryl methyl sites for hydroxylation is 1. The van der Waals surface area contributed by atoms with Gasteiger partial charge in [0.05, 0.1) is 72.5 Å². The number of thiophene rings is 2. The number of nitrogens with one attached hydrogen (secondary N) is 3. The highest BCUT2D eigenvalue weighted by Crippen LogP contribution is 2.37. The van der Waals surface area contributed by atoms with Gasteiger partial charge in [0, 0.05) is 83.6 Å². The van der Waals surface area contributed by atoms with Crippen molar-refractivity contribution in [1.82, 2.24) is 43.8 Å². The Morgan fingerprint density at radius 3 is 1.07 bits per heavy atom. The summed E-state index contributed by atoms with van der Waals surface area (Å²) in [6, 6.07) is 16.5. The maximum Gasteiger partial charge on any atom is 0.434 e. The van der Waals surface area contributed by atoms with E-state index in [4.69, 9.17) is 39.5 Å². The number of carbonyl (C=O) groups is 6. The monoisotopic (exact) mass is 1590 g/mol. The van der Waals surface area contributed by atoms with Gasteiger partial charge < -0.3 is 43.6 Å². The molecule has 103 heavy (non-hydrogen) atoms. The topological polar surface area (TPSA) is 398 Å². The predicted molar refractivity (Wildman–Crippen MR) is 358 cm³/mol. The molecular weight excluding hydrogens is 1540 g/mol. The first-order valence-corrected chi connectivity index (χ1v) is 37.1. The molecule has 0 aliphatic carbocycles. The first kappa shape index (κ1) is 80.8. The molecule has 3 aliphatic heterocycles. The van der Waals surface area contributed by atoms with E-state index in [0.717, 1.165) is 44.6 Å². The molecule has 8 heterocycles. The van der Waals surface area contributed by atoms with E-state index in [1.54, 1.807) is 26.0 Å². The molecule has 6 amide bonds. The van der Waals surface area contributed by atoms with Gasteiger partial charge in [-0.1, -0.05) is 34.8 Å². The molecule has 3 N–H and O–H groups in total. The number of esters is 3. The van der Waals surface area contributed by atoms with E-state index in [9.17, 15) is 96.1 Å². The normalized spacial score (nSPS) is 14.2.